The van der Waals surface area contributed by atoms with Crippen LogP contribution in [0.1, 0.15) is 62.2 Å². The minimum Gasteiger partial charge on any atom is -0.289 e. The van der Waals surface area contributed by atoms with Gasteiger partial charge >= 0.3 is 0 Å². The fourth-order valence-electron chi connectivity index (χ4n) is 5.62. The zero-order chi connectivity index (χ0) is 26.4. The second-order valence-electron chi connectivity index (χ2n) is 9.66. The number of fused-ring (bicyclic) bond motifs is 6. The molecule has 0 heterocycles. The van der Waals surface area contributed by atoms with Crippen molar-refractivity contribution in [2.24, 2.45) is 0 Å². The van der Waals surface area contributed by atoms with Gasteiger partial charge in [0.25, 0.3) is 10.1 Å². The van der Waals surface area contributed by atoms with Crippen molar-refractivity contribution in [3.8, 4) is 0 Å². The third-order valence-corrected chi connectivity index (χ3v) is 8.33. The van der Waals surface area contributed by atoms with Gasteiger partial charge in [0.15, 0.2) is 11.6 Å². The molecule has 0 unspecified atom stereocenters. The van der Waals surface area contributed by atoms with Crippen molar-refractivity contribution >= 4 is 38.0 Å². The topological polar surface area (TPSA) is 88.5 Å². The van der Waals surface area contributed by atoms with Gasteiger partial charge in [0.2, 0.25) is 0 Å². The minimum absolute atomic E-state index is 0.0103. The van der Waals surface area contributed by atoms with Crippen LogP contribution in [-0.2, 0) is 16.5 Å². The molecule has 0 saturated carbocycles. The van der Waals surface area contributed by atoms with Crippen LogP contribution in [0.15, 0.2) is 101 Å². The molecule has 7 rings (SSSR count). The first kappa shape index (κ1) is 24.2. The monoisotopic (exact) mass is 520 g/mol. The predicted molar refractivity (Wildman–Crippen MR) is 147 cm³/mol. The van der Waals surface area contributed by atoms with Crippen LogP contribution in [-0.4, -0.2) is 24.5 Å². The van der Waals surface area contributed by atoms with Crippen molar-refractivity contribution in [1.29, 1.82) is 0 Å². The summed E-state index contributed by atoms with van der Waals surface area (Å²) in [5.41, 5.74) is 6.87. The highest BCUT2D eigenvalue weighted by Gasteiger charge is 2.30. The lowest BCUT2D eigenvalue weighted by atomic mass is 9.80. The number of allylic oxidation sites excluding steroid dienone is 4. The first-order valence-electron chi connectivity index (χ1n) is 12.5. The Kier molecular flexibility index (Phi) is 5.94. The summed E-state index contributed by atoms with van der Waals surface area (Å²) in [5.74, 6) is -0.766. The maximum Gasteiger partial charge on any atom is 0.294 e. The molecule has 0 saturated heterocycles. The molecule has 0 bridgehead atoms. The van der Waals surface area contributed by atoms with Gasteiger partial charge in [0.05, 0.1) is 4.90 Å². The molecule has 4 aromatic rings. The average Bonchev–Trinajstić information content (AvgIpc) is 2.95. The fraction of sp³-hybridized carbons (Fsp3) is 0.125. The van der Waals surface area contributed by atoms with Crippen molar-refractivity contribution in [2.45, 2.75) is 30.6 Å². The fourth-order valence-corrected chi connectivity index (χ4v) is 6.13. The Labute approximate surface area is 220 Å². The van der Waals surface area contributed by atoms with Crippen molar-refractivity contribution in [2.75, 3.05) is 0 Å². The van der Waals surface area contributed by atoms with E-state index in [1.54, 1.807) is 29.3 Å². The Morgan fingerprint density at radius 1 is 0.658 bits per heavy atom. The number of aryl methyl sites for hydroxylation is 1. The van der Waals surface area contributed by atoms with Crippen LogP contribution >= 0.6 is 0 Å². The normalized spacial score (nSPS) is 15.7. The molecule has 0 aromatic heterocycles. The molecule has 0 atom stereocenters. The highest BCUT2D eigenvalue weighted by Crippen LogP contribution is 2.39. The van der Waals surface area contributed by atoms with Gasteiger partial charge in [0, 0.05) is 22.3 Å². The average molecular weight is 521 g/mol. The van der Waals surface area contributed by atoms with Gasteiger partial charge in [-0.05, 0) is 71.4 Å². The first-order valence-corrected chi connectivity index (χ1v) is 14.0. The van der Waals surface area contributed by atoms with Crippen LogP contribution in [0.5, 0.6) is 0 Å². The Morgan fingerprint density at radius 2 is 1.32 bits per heavy atom. The van der Waals surface area contributed by atoms with E-state index in [1.807, 2.05) is 0 Å². The molecule has 1 N–H and O–H groups in total. The molecule has 5 nitrogen and oxygen atoms in total. The molecule has 3 aliphatic rings. The molecule has 188 valence electrons. The second kappa shape index (κ2) is 9.31. The van der Waals surface area contributed by atoms with Crippen molar-refractivity contribution < 1.29 is 22.6 Å². The van der Waals surface area contributed by atoms with Gasteiger partial charge in [-0.15, -0.1) is 0 Å². The van der Waals surface area contributed by atoms with Crippen LogP contribution in [0.4, 0.5) is 0 Å². The summed E-state index contributed by atoms with van der Waals surface area (Å²) in [6, 6.07) is 23.1. The quantitative estimate of drug-likeness (QED) is 0.252. The second-order valence-corrected chi connectivity index (χ2v) is 11.1. The molecule has 0 amide bonds. The maximum absolute atomic E-state index is 12.3. The van der Waals surface area contributed by atoms with Crippen LogP contribution in [0.3, 0.4) is 0 Å². The van der Waals surface area contributed by atoms with Gasteiger partial charge in [-0.3, -0.25) is 14.1 Å². The van der Waals surface area contributed by atoms with E-state index < -0.39 is 20.8 Å². The van der Waals surface area contributed by atoms with Crippen LogP contribution in [0.2, 0.25) is 0 Å². The number of ketones is 2. The molecule has 38 heavy (non-hydrogen) atoms. The molecule has 0 radical (unpaired) electrons. The van der Waals surface area contributed by atoms with E-state index in [1.165, 1.54) is 59.7 Å². The van der Waals surface area contributed by atoms with Crippen molar-refractivity contribution in [1.82, 2.24) is 0 Å². The Bertz CT molecular complexity index is 1830. The lowest BCUT2D eigenvalue weighted by molar-refractivity contribution is 0.0979. The van der Waals surface area contributed by atoms with Gasteiger partial charge in [-0.25, -0.2) is 0 Å². The van der Waals surface area contributed by atoms with E-state index in [9.17, 15) is 18.0 Å². The molecular weight excluding hydrogens is 496 g/mol. The zero-order valence-corrected chi connectivity index (χ0v) is 21.3. The molecule has 6 heteroatoms. The molecule has 3 aliphatic carbocycles. The van der Waals surface area contributed by atoms with E-state index in [0.717, 1.165) is 12.1 Å². The van der Waals surface area contributed by atoms with Crippen molar-refractivity contribution in [3.05, 3.63) is 130 Å². The largest absolute Gasteiger partial charge is 0.294 e. The van der Waals surface area contributed by atoms with E-state index in [2.05, 4.69) is 48.6 Å². The van der Waals surface area contributed by atoms with E-state index in [0.29, 0.717) is 5.56 Å². The number of rotatable bonds is 1. The molecule has 0 aliphatic heterocycles. The number of carbonyl (C=O) groups excluding carboxylic acids is 2. The standard InChI is InChI=1S/C18H16.C14H8O5S/c1-3-7-15-13(5-1)9-11-18-16-8-4-2-6-14(16)10-12-17(15)18;15-13-9-3-1-2-4-10(9)14(16)12-7-8(20(17,18)19)5-6-11(12)13/h1,3-5,7-9,11H,2,6,10,12H2;1-7H,(H,17,18,19). The lowest BCUT2D eigenvalue weighted by Gasteiger charge is -2.25. The first-order chi connectivity index (χ1) is 18.3. The summed E-state index contributed by atoms with van der Waals surface area (Å²) in [6.07, 6.45) is 9.61. The van der Waals surface area contributed by atoms with Crippen LogP contribution < -0.4 is 0 Å². The summed E-state index contributed by atoms with van der Waals surface area (Å²) < 4.78 is 31.2. The summed E-state index contributed by atoms with van der Waals surface area (Å²) in [5, 5.41) is 2.82. The number of hydrogen-bond donors (Lipinski definition) is 1. The van der Waals surface area contributed by atoms with E-state index >= 15 is 0 Å². The highest BCUT2D eigenvalue weighted by molar-refractivity contribution is 7.85. The van der Waals surface area contributed by atoms with E-state index in [-0.39, 0.29) is 22.5 Å². The van der Waals surface area contributed by atoms with Gasteiger partial charge in [-0.1, -0.05) is 78.4 Å². The summed E-state index contributed by atoms with van der Waals surface area (Å²) >= 11 is 0. The Morgan fingerprint density at radius 3 is 2.08 bits per heavy atom. The summed E-state index contributed by atoms with van der Waals surface area (Å²) in [4.78, 5) is 24.1. The third-order valence-electron chi connectivity index (χ3n) is 7.48. The molecule has 0 fully saturated rings. The number of hydrogen-bond acceptors (Lipinski definition) is 4. The molecule has 4 aromatic carbocycles. The molecular formula is C32H24O5S. The van der Waals surface area contributed by atoms with Gasteiger partial charge in [0.1, 0.15) is 0 Å². The Balaban J connectivity index is 0.000000140. The van der Waals surface area contributed by atoms with Gasteiger partial charge in [-0.2, -0.15) is 8.42 Å². The number of benzene rings is 4. The summed E-state index contributed by atoms with van der Waals surface area (Å²) in [7, 11) is -4.42. The summed E-state index contributed by atoms with van der Waals surface area (Å²) in [6.45, 7) is 0. The SMILES string of the molecule is C1=CC2=C(CC1)CCc1c2ccc2ccccc12.O=C1c2ccccc2C(=O)c2cc(S(=O)(=O)O)ccc21. The van der Waals surface area contributed by atoms with Gasteiger partial charge < -0.3 is 0 Å². The maximum atomic E-state index is 12.3. The Hall–Kier alpha value is -4.13. The van der Waals surface area contributed by atoms with Crippen LogP contribution in [0.25, 0.3) is 16.3 Å². The third kappa shape index (κ3) is 4.12. The highest BCUT2D eigenvalue weighted by atomic mass is 32.2. The smallest absolute Gasteiger partial charge is 0.289 e. The predicted octanol–water partition coefficient (Wildman–Crippen LogP) is 6.60. The minimum atomic E-state index is -4.42. The van der Waals surface area contributed by atoms with E-state index in [4.69, 9.17) is 4.55 Å². The number of carbonyl (C=O) groups is 2. The molecule has 0 spiro atoms. The zero-order valence-electron chi connectivity index (χ0n) is 20.5. The van der Waals surface area contributed by atoms with Crippen molar-refractivity contribution in [3.63, 3.8) is 0 Å². The lowest BCUT2D eigenvalue weighted by Crippen LogP contribution is -2.21. The van der Waals surface area contributed by atoms with Crippen LogP contribution in [0, 0.1) is 0 Å².